The summed E-state index contributed by atoms with van der Waals surface area (Å²) in [5.74, 6) is 3.10. The predicted molar refractivity (Wildman–Crippen MR) is 34.2 cm³/mol. The molecule has 0 N–H and O–H groups in total. The Morgan fingerprint density at radius 3 is 2.88 bits per heavy atom. The van der Waals surface area contributed by atoms with Crippen LogP contribution in [0.2, 0.25) is 0 Å². The zero-order chi connectivity index (χ0) is 6.41. The van der Waals surface area contributed by atoms with E-state index in [1.165, 1.54) is 0 Å². The van der Waals surface area contributed by atoms with E-state index in [0.29, 0.717) is 6.61 Å². The molecule has 1 nitrogen and oxygen atoms in total. The maximum absolute atomic E-state index is 4.92. The summed E-state index contributed by atoms with van der Waals surface area (Å²) in [7, 11) is 0. The van der Waals surface area contributed by atoms with Crippen LogP contribution >= 0.6 is 0 Å². The summed E-state index contributed by atoms with van der Waals surface area (Å²) < 4.78 is 4.91. The van der Waals surface area contributed by atoms with Crippen LogP contribution < -0.4 is 0 Å². The van der Waals surface area contributed by atoms with Crippen LogP contribution in [0.4, 0.5) is 0 Å². The second-order valence-electron chi connectivity index (χ2n) is 1.39. The van der Waals surface area contributed by atoms with Crippen molar-refractivity contribution in [3.05, 3.63) is 12.3 Å². The average molecular weight is 110 g/mol. The van der Waals surface area contributed by atoms with Crippen LogP contribution in [0.5, 0.6) is 0 Å². The molecular weight excluding hydrogens is 100 g/mol. The molecule has 0 rings (SSSR count). The zero-order valence-electron chi connectivity index (χ0n) is 5.11. The lowest BCUT2D eigenvalue weighted by Gasteiger charge is -1.99. The number of hydrogen-bond donors (Lipinski definition) is 0. The fourth-order valence-corrected chi connectivity index (χ4v) is 0.246. The van der Waals surface area contributed by atoms with E-state index in [0.717, 1.165) is 12.2 Å². The lowest BCUT2D eigenvalue weighted by Crippen LogP contribution is -1.88. The maximum Gasteiger partial charge on any atom is 0.148 e. The highest BCUT2D eigenvalue weighted by molar-refractivity contribution is 4.88. The molecule has 0 aromatic heterocycles. The standard InChI is InChI=1S/C7H10O/c1-4-6-8-7(3)5-2/h1H,3,5-6H2,2H3. The van der Waals surface area contributed by atoms with Gasteiger partial charge in [-0.05, 0) is 0 Å². The Balaban J connectivity index is 3.15. The molecular formula is C7H10O. The van der Waals surface area contributed by atoms with Crippen LogP contribution in [0.1, 0.15) is 13.3 Å². The fourth-order valence-electron chi connectivity index (χ4n) is 0.246. The number of allylic oxidation sites excluding steroid dienone is 1. The molecule has 0 atom stereocenters. The van der Waals surface area contributed by atoms with Crippen molar-refractivity contribution in [2.75, 3.05) is 6.61 Å². The quantitative estimate of drug-likeness (QED) is 0.395. The van der Waals surface area contributed by atoms with Crippen molar-refractivity contribution in [1.82, 2.24) is 0 Å². The molecule has 8 heavy (non-hydrogen) atoms. The van der Waals surface area contributed by atoms with Gasteiger partial charge in [-0.25, -0.2) is 0 Å². The minimum Gasteiger partial charge on any atom is -0.486 e. The highest BCUT2D eigenvalue weighted by Gasteiger charge is 1.83. The van der Waals surface area contributed by atoms with Crippen molar-refractivity contribution in [3.8, 4) is 12.3 Å². The minimum atomic E-state index is 0.340. The van der Waals surface area contributed by atoms with Gasteiger partial charge in [0.1, 0.15) is 6.61 Å². The van der Waals surface area contributed by atoms with E-state index in [-0.39, 0.29) is 0 Å². The molecule has 0 aliphatic heterocycles. The summed E-state index contributed by atoms with van der Waals surface area (Å²) in [6.45, 7) is 5.90. The fraction of sp³-hybridized carbons (Fsp3) is 0.429. The van der Waals surface area contributed by atoms with E-state index in [1.807, 2.05) is 6.92 Å². The molecule has 0 aliphatic carbocycles. The van der Waals surface area contributed by atoms with Gasteiger partial charge in [0, 0.05) is 6.42 Å². The van der Waals surface area contributed by atoms with Gasteiger partial charge < -0.3 is 4.74 Å². The van der Waals surface area contributed by atoms with Gasteiger partial charge in [0.15, 0.2) is 0 Å². The zero-order valence-corrected chi connectivity index (χ0v) is 5.11. The molecule has 0 radical (unpaired) electrons. The minimum absolute atomic E-state index is 0.340. The van der Waals surface area contributed by atoms with E-state index in [4.69, 9.17) is 11.2 Å². The highest BCUT2D eigenvalue weighted by atomic mass is 16.5. The molecule has 0 saturated carbocycles. The molecule has 0 aromatic rings. The highest BCUT2D eigenvalue weighted by Crippen LogP contribution is 1.95. The van der Waals surface area contributed by atoms with E-state index in [1.54, 1.807) is 0 Å². The van der Waals surface area contributed by atoms with Gasteiger partial charge in [-0.15, -0.1) is 6.42 Å². The Kier molecular flexibility index (Phi) is 3.78. The molecule has 0 bridgehead atoms. The molecule has 0 heterocycles. The lowest BCUT2D eigenvalue weighted by atomic mass is 10.4. The molecule has 0 aromatic carbocycles. The lowest BCUT2D eigenvalue weighted by molar-refractivity contribution is 0.246. The van der Waals surface area contributed by atoms with Gasteiger partial charge in [-0.1, -0.05) is 19.4 Å². The van der Waals surface area contributed by atoms with Crippen molar-refractivity contribution in [2.24, 2.45) is 0 Å². The van der Waals surface area contributed by atoms with Gasteiger partial charge in [0.05, 0.1) is 5.76 Å². The van der Waals surface area contributed by atoms with E-state index in [2.05, 4.69) is 12.5 Å². The summed E-state index contributed by atoms with van der Waals surface area (Å²) in [5.41, 5.74) is 0. The third-order valence-corrected chi connectivity index (χ3v) is 0.754. The predicted octanol–water partition coefficient (Wildman–Crippen LogP) is 1.56. The molecule has 0 fully saturated rings. The largest absolute Gasteiger partial charge is 0.486 e. The molecule has 0 saturated heterocycles. The Labute approximate surface area is 50.4 Å². The first-order valence-electron chi connectivity index (χ1n) is 2.55. The van der Waals surface area contributed by atoms with Crippen LogP contribution in [0.25, 0.3) is 0 Å². The van der Waals surface area contributed by atoms with E-state index in [9.17, 15) is 0 Å². The van der Waals surface area contributed by atoms with Crippen LogP contribution in [0.3, 0.4) is 0 Å². The number of terminal acetylenes is 1. The van der Waals surface area contributed by atoms with Crippen LogP contribution in [0, 0.1) is 12.3 Å². The number of hydrogen-bond acceptors (Lipinski definition) is 1. The molecule has 0 spiro atoms. The summed E-state index contributed by atoms with van der Waals surface area (Å²) in [4.78, 5) is 0. The van der Waals surface area contributed by atoms with Crippen LogP contribution in [0.15, 0.2) is 12.3 Å². The average Bonchev–Trinajstić information content (AvgIpc) is 1.83. The van der Waals surface area contributed by atoms with Crippen molar-refractivity contribution >= 4 is 0 Å². The second kappa shape index (κ2) is 4.26. The van der Waals surface area contributed by atoms with Gasteiger partial charge in [-0.3, -0.25) is 0 Å². The monoisotopic (exact) mass is 110 g/mol. The summed E-state index contributed by atoms with van der Waals surface area (Å²) >= 11 is 0. The van der Waals surface area contributed by atoms with Crippen LogP contribution in [-0.2, 0) is 4.74 Å². The van der Waals surface area contributed by atoms with Gasteiger partial charge >= 0.3 is 0 Å². The first-order valence-corrected chi connectivity index (χ1v) is 2.55. The van der Waals surface area contributed by atoms with Gasteiger partial charge in [0.2, 0.25) is 0 Å². The second-order valence-corrected chi connectivity index (χ2v) is 1.39. The number of ether oxygens (including phenoxy) is 1. The summed E-state index contributed by atoms with van der Waals surface area (Å²) in [6, 6.07) is 0. The molecule has 0 amide bonds. The molecule has 0 aliphatic rings. The summed E-state index contributed by atoms with van der Waals surface area (Å²) in [5, 5.41) is 0. The smallest absolute Gasteiger partial charge is 0.148 e. The molecule has 1 heteroatoms. The van der Waals surface area contributed by atoms with Crippen LogP contribution in [-0.4, -0.2) is 6.61 Å². The number of rotatable bonds is 3. The van der Waals surface area contributed by atoms with Gasteiger partial charge in [-0.2, -0.15) is 0 Å². The normalized spacial score (nSPS) is 7.50. The Bertz CT molecular complexity index is 108. The maximum atomic E-state index is 4.92. The van der Waals surface area contributed by atoms with Crippen molar-refractivity contribution < 1.29 is 4.74 Å². The van der Waals surface area contributed by atoms with E-state index < -0.39 is 0 Å². The molecule has 0 unspecified atom stereocenters. The first kappa shape index (κ1) is 7.10. The SMILES string of the molecule is C#CCOC(=C)CC. The van der Waals surface area contributed by atoms with Crippen molar-refractivity contribution in [1.29, 1.82) is 0 Å². The van der Waals surface area contributed by atoms with Gasteiger partial charge in [0.25, 0.3) is 0 Å². The Hall–Kier alpha value is -0.900. The third kappa shape index (κ3) is 3.30. The van der Waals surface area contributed by atoms with Crippen molar-refractivity contribution in [2.45, 2.75) is 13.3 Å². The topological polar surface area (TPSA) is 9.23 Å². The summed E-state index contributed by atoms with van der Waals surface area (Å²) in [6.07, 6.45) is 5.75. The Morgan fingerprint density at radius 2 is 2.50 bits per heavy atom. The first-order chi connectivity index (χ1) is 3.81. The molecule has 44 valence electrons. The third-order valence-electron chi connectivity index (χ3n) is 0.754. The van der Waals surface area contributed by atoms with E-state index >= 15 is 0 Å². The van der Waals surface area contributed by atoms with Crippen molar-refractivity contribution in [3.63, 3.8) is 0 Å². The Morgan fingerprint density at radius 1 is 1.88 bits per heavy atom.